The van der Waals surface area contributed by atoms with Gasteiger partial charge in [-0.05, 0) is 48.3 Å². The number of hydrogen-bond acceptors (Lipinski definition) is 3. The summed E-state index contributed by atoms with van der Waals surface area (Å²) in [5, 5.41) is 0. The van der Waals surface area contributed by atoms with Gasteiger partial charge in [0.25, 0.3) is 0 Å². The molecule has 0 atom stereocenters. The number of pyridine rings is 1. The van der Waals surface area contributed by atoms with Crippen molar-refractivity contribution in [3.63, 3.8) is 0 Å². The smallest absolute Gasteiger partial charge is 0.0271 e. The highest BCUT2D eigenvalue weighted by molar-refractivity contribution is 5.23. The van der Waals surface area contributed by atoms with E-state index in [1.807, 2.05) is 12.4 Å². The Morgan fingerprint density at radius 1 is 0.900 bits per heavy atom. The van der Waals surface area contributed by atoms with E-state index in [0.29, 0.717) is 6.54 Å². The van der Waals surface area contributed by atoms with Gasteiger partial charge in [0.05, 0.1) is 0 Å². The molecule has 0 bridgehead atoms. The van der Waals surface area contributed by atoms with Crippen LogP contribution in [-0.4, -0.2) is 23.0 Å². The van der Waals surface area contributed by atoms with Crippen LogP contribution in [0.25, 0.3) is 0 Å². The number of benzene rings is 1. The molecule has 1 heterocycles. The SMILES string of the molecule is CCN(Cc1ccncc1)Cc1ccc(CCN)cc1. The normalized spacial score (nSPS) is 10.9. The Bertz CT molecular complexity index is 493. The first kappa shape index (κ1) is 14.7. The molecule has 0 saturated carbocycles. The van der Waals surface area contributed by atoms with E-state index in [2.05, 4.69) is 53.2 Å². The van der Waals surface area contributed by atoms with Gasteiger partial charge in [-0.3, -0.25) is 9.88 Å². The van der Waals surface area contributed by atoms with E-state index in [1.54, 1.807) is 0 Å². The Kier molecular flexibility index (Phi) is 5.71. The first-order chi connectivity index (χ1) is 9.81. The molecule has 0 saturated heterocycles. The second-order valence-electron chi connectivity index (χ2n) is 5.01. The predicted octanol–water partition coefficient (Wildman–Crippen LogP) is 2.60. The molecular formula is C17H23N3. The third kappa shape index (κ3) is 4.44. The molecule has 0 radical (unpaired) electrons. The Hall–Kier alpha value is -1.71. The summed E-state index contributed by atoms with van der Waals surface area (Å²) < 4.78 is 0. The summed E-state index contributed by atoms with van der Waals surface area (Å²) in [6, 6.07) is 12.9. The lowest BCUT2D eigenvalue weighted by molar-refractivity contribution is 0.271. The molecule has 20 heavy (non-hydrogen) atoms. The molecule has 0 aliphatic carbocycles. The number of hydrogen-bond donors (Lipinski definition) is 1. The van der Waals surface area contributed by atoms with Gasteiger partial charge in [0.15, 0.2) is 0 Å². The molecule has 0 unspecified atom stereocenters. The maximum Gasteiger partial charge on any atom is 0.0271 e. The summed E-state index contributed by atoms with van der Waals surface area (Å²) in [7, 11) is 0. The fraction of sp³-hybridized carbons (Fsp3) is 0.353. The quantitative estimate of drug-likeness (QED) is 0.840. The van der Waals surface area contributed by atoms with Gasteiger partial charge in [0, 0.05) is 25.5 Å². The number of rotatable bonds is 7. The van der Waals surface area contributed by atoms with Crippen molar-refractivity contribution in [2.75, 3.05) is 13.1 Å². The lowest BCUT2D eigenvalue weighted by Gasteiger charge is -2.20. The molecule has 3 nitrogen and oxygen atoms in total. The summed E-state index contributed by atoms with van der Waals surface area (Å²) in [6.45, 7) is 5.88. The molecule has 2 rings (SSSR count). The number of aromatic nitrogens is 1. The van der Waals surface area contributed by atoms with Gasteiger partial charge >= 0.3 is 0 Å². The molecule has 0 amide bonds. The monoisotopic (exact) mass is 269 g/mol. The van der Waals surface area contributed by atoms with Crippen LogP contribution in [-0.2, 0) is 19.5 Å². The van der Waals surface area contributed by atoms with Crippen molar-refractivity contribution in [3.8, 4) is 0 Å². The zero-order chi connectivity index (χ0) is 14.2. The van der Waals surface area contributed by atoms with E-state index in [4.69, 9.17) is 5.73 Å². The Balaban J connectivity index is 1.95. The summed E-state index contributed by atoms with van der Waals surface area (Å²) in [5.41, 5.74) is 9.54. The Morgan fingerprint density at radius 3 is 2.00 bits per heavy atom. The van der Waals surface area contributed by atoms with Crippen molar-refractivity contribution in [3.05, 3.63) is 65.5 Å². The highest BCUT2D eigenvalue weighted by atomic mass is 15.1. The van der Waals surface area contributed by atoms with E-state index in [1.165, 1.54) is 16.7 Å². The standard InChI is InChI=1S/C17H23N3/c1-2-20(14-17-8-11-19-12-9-17)13-16-5-3-15(4-6-16)7-10-18/h3-6,8-9,11-12H,2,7,10,13-14,18H2,1H3. The van der Waals surface area contributed by atoms with Crippen molar-refractivity contribution in [2.24, 2.45) is 5.73 Å². The average molecular weight is 269 g/mol. The minimum Gasteiger partial charge on any atom is -0.330 e. The van der Waals surface area contributed by atoms with E-state index in [0.717, 1.165) is 26.1 Å². The van der Waals surface area contributed by atoms with Crippen molar-refractivity contribution in [1.82, 2.24) is 9.88 Å². The topological polar surface area (TPSA) is 42.2 Å². The second kappa shape index (κ2) is 7.78. The van der Waals surface area contributed by atoms with Crippen LogP contribution in [0.4, 0.5) is 0 Å². The molecule has 1 aromatic carbocycles. The van der Waals surface area contributed by atoms with Crippen molar-refractivity contribution in [2.45, 2.75) is 26.4 Å². The van der Waals surface area contributed by atoms with Crippen LogP contribution in [0.15, 0.2) is 48.8 Å². The van der Waals surface area contributed by atoms with Crippen molar-refractivity contribution >= 4 is 0 Å². The molecular weight excluding hydrogens is 246 g/mol. The second-order valence-corrected chi connectivity index (χ2v) is 5.01. The molecule has 3 heteroatoms. The molecule has 0 fully saturated rings. The highest BCUT2D eigenvalue weighted by Crippen LogP contribution is 2.11. The van der Waals surface area contributed by atoms with Crippen LogP contribution in [0, 0.1) is 0 Å². The number of nitrogens with zero attached hydrogens (tertiary/aromatic N) is 2. The summed E-state index contributed by atoms with van der Waals surface area (Å²) >= 11 is 0. The fourth-order valence-corrected chi connectivity index (χ4v) is 2.26. The van der Waals surface area contributed by atoms with Gasteiger partial charge in [-0.1, -0.05) is 31.2 Å². The molecule has 0 aliphatic rings. The molecule has 0 spiro atoms. The number of nitrogens with two attached hydrogens (primary N) is 1. The molecule has 2 N–H and O–H groups in total. The van der Waals surface area contributed by atoms with Crippen molar-refractivity contribution < 1.29 is 0 Å². The molecule has 1 aromatic heterocycles. The van der Waals surface area contributed by atoms with Gasteiger partial charge in [-0.15, -0.1) is 0 Å². The lowest BCUT2D eigenvalue weighted by Crippen LogP contribution is -2.22. The first-order valence-corrected chi connectivity index (χ1v) is 7.21. The van der Waals surface area contributed by atoms with Crippen LogP contribution in [0.3, 0.4) is 0 Å². The average Bonchev–Trinajstić information content (AvgIpc) is 2.50. The summed E-state index contributed by atoms with van der Waals surface area (Å²) in [4.78, 5) is 6.48. The molecule has 2 aromatic rings. The van der Waals surface area contributed by atoms with Crippen LogP contribution in [0.5, 0.6) is 0 Å². The minimum atomic E-state index is 0.711. The van der Waals surface area contributed by atoms with Gasteiger partial charge in [0.2, 0.25) is 0 Å². The van der Waals surface area contributed by atoms with E-state index in [9.17, 15) is 0 Å². The Labute approximate surface area is 121 Å². The summed E-state index contributed by atoms with van der Waals surface area (Å²) in [5.74, 6) is 0. The maximum atomic E-state index is 5.57. The Morgan fingerprint density at radius 2 is 1.45 bits per heavy atom. The third-order valence-corrected chi connectivity index (χ3v) is 3.46. The zero-order valence-electron chi connectivity index (χ0n) is 12.1. The van der Waals surface area contributed by atoms with Crippen LogP contribution < -0.4 is 5.73 Å². The van der Waals surface area contributed by atoms with Crippen molar-refractivity contribution in [1.29, 1.82) is 0 Å². The molecule has 0 aliphatic heterocycles. The molecule has 106 valence electrons. The largest absolute Gasteiger partial charge is 0.330 e. The van der Waals surface area contributed by atoms with Gasteiger partial charge in [-0.25, -0.2) is 0 Å². The third-order valence-electron chi connectivity index (χ3n) is 3.46. The first-order valence-electron chi connectivity index (χ1n) is 7.21. The van der Waals surface area contributed by atoms with Gasteiger partial charge < -0.3 is 5.73 Å². The van der Waals surface area contributed by atoms with E-state index >= 15 is 0 Å². The van der Waals surface area contributed by atoms with Crippen LogP contribution >= 0.6 is 0 Å². The zero-order valence-corrected chi connectivity index (χ0v) is 12.1. The van der Waals surface area contributed by atoms with E-state index in [-0.39, 0.29) is 0 Å². The maximum absolute atomic E-state index is 5.57. The van der Waals surface area contributed by atoms with Crippen LogP contribution in [0.1, 0.15) is 23.6 Å². The van der Waals surface area contributed by atoms with Gasteiger partial charge in [-0.2, -0.15) is 0 Å². The van der Waals surface area contributed by atoms with Gasteiger partial charge in [0.1, 0.15) is 0 Å². The van der Waals surface area contributed by atoms with E-state index < -0.39 is 0 Å². The predicted molar refractivity (Wildman–Crippen MR) is 83.2 cm³/mol. The minimum absolute atomic E-state index is 0.711. The lowest BCUT2D eigenvalue weighted by atomic mass is 10.1. The van der Waals surface area contributed by atoms with Crippen LogP contribution in [0.2, 0.25) is 0 Å². The summed E-state index contributed by atoms with van der Waals surface area (Å²) in [6.07, 6.45) is 4.66. The highest BCUT2D eigenvalue weighted by Gasteiger charge is 2.05. The fourth-order valence-electron chi connectivity index (χ4n) is 2.26.